The van der Waals surface area contributed by atoms with Gasteiger partial charge in [-0.2, -0.15) is 0 Å². The van der Waals surface area contributed by atoms with Crippen LogP contribution in [-0.2, 0) is 4.79 Å². The molecule has 0 bridgehead atoms. The summed E-state index contributed by atoms with van der Waals surface area (Å²) in [5, 5.41) is 17.9. The second-order valence-corrected chi connectivity index (χ2v) is 4.42. The third-order valence-corrected chi connectivity index (χ3v) is 3.02. The molecule has 0 aliphatic heterocycles. The summed E-state index contributed by atoms with van der Waals surface area (Å²) < 4.78 is 80.2. The van der Waals surface area contributed by atoms with Crippen molar-refractivity contribution in [2.75, 3.05) is 0 Å². The Balaban J connectivity index is 2.74. The van der Waals surface area contributed by atoms with E-state index in [1.165, 1.54) is 0 Å². The summed E-state index contributed by atoms with van der Waals surface area (Å²) in [6.07, 6.45) is -2.38. The monoisotopic (exact) mass is 336 g/mol. The molecule has 0 heterocycles. The molecule has 9 heteroatoms. The molecule has 2 rings (SSSR count). The van der Waals surface area contributed by atoms with Gasteiger partial charge in [0.25, 0.3) is 0 Å². The van der Waals surface area contributed by atoms with Gasteiger partial charge in [0.05, 0.1) is 5.56 Å². The molecule has 3 nitrogen and oxygen atoms in total. The summed E-state index contributed by atoms with van der Waals surface area (Å²) in [6.45, 7) is 0. The highest BCUT2D eigenvalue weighted by Crippen LogP contribution is 2.33. The summed E-state index contributed by atoms with van der Waals surface area (Å²) in [5.41, 5.74) is -2.94. The second kappa shape index (κ2) is 5.92. The third-order valence-electron chi connectivity index (χ3n) is 3.02. The molecule has 0 saturated carbocycles. The van der Waals surface area contributed by atoms with Gasteiger partial charge in [0.2, 0.25) is 5.82 Å². The molecule has 1 unspecified atom stereocenters. The molecule has 23 heavy (non-hydrogen) atoms. The molecule has 0 aliphatic rings. The Kier molecular flexibility index (Phi) is 4.33. The number of carboxylic acid groups (broad SMARTS) is 1. The van der Waals surface area contributed by atoms with Crippen LogP contribution in [0.25, 0.3) is 11.1 Å². The van der Waals surface area contributed by atoms with Crippen LogP contribution in [-0.4, -0.2) is 16.2 Å². The van der Waals surface area contributed by atoms with Crippen LogP contribution in [0.2, 0.25) is 0 Å². The molecule has 0 saturated heterocycles. The normalized spacial score (nSPS) is 12.3. The molecule has 0 radical (unpaired) electrons. The lowest BCUT2D eigenvalue weighted by Crippen LogP contribution is -2.12. The minimum Gasteiger partial charge on any atom is -0.479 e. The van der Waals surface area contributed by atoms with Crippen LogP contribution >= 0.6 is 0 Å². The predicted molar refractivity (Wildman–Crippen MR) is 64.2 cm³/mol. The molecule has 2 aromatic rings. The molecule has 0 amide bonds. The Morgan fingerprint density at radius 1 is 0.870 bits per heavy atom. The molecule has 0 fully saturated rings. The van der Waals surface area contributed by atoms with Gasteiger partial charge >= 0.3 is 5.97 Å². The Bertz CT molecular complexity index is 777. The van der Waals surface area contributed by atoms with Crippen LogP contribution in [0.5, 0.6) is 0 Å². The zero-order valence-corrected chi connectivity index (χ0v) is 10.9. The van der Waals surface area contributed by atoms with E-state index in [1.807, 2.05) is 0 Å². The molecule has 0 aromatic heterocycles. The van der Waals surface area contributed by atoms with Gasteiger partial charge in [-0.15, -0.1) is 0 Å². The first-order chi connectivity index (χ1) is 10.7. The van der Waals surface area contributed by atoms with Gasteiger partial charge in [0.15, 0.2) is 29.4 Å². The summed E-state index contributed by atoms with van der Waals surface area (Å²) in [5.74, 6) is -14.2. The van der Waals surface area contributed by atoms with Crippen LogP contribution in [0.3, 0.4) is 0 Å². The third kappa shape index (κ3) is 2.74. The topological polar surface area (TPSA) is 57.5 Å². The summed E-state index contributed by atoms with van der Waals surface area (Å²) in [6, 6.07) is 1.72. The summed E-state index contributed by atoms with van der Waals surface area (Å²) in [7, 11) is 0. The smallest absolute Gasteiger partial charge is 0.337 e. The molecule has 0 spiro atoms. The second-order valence-electron chi connectivity index (χ2n) is 4.42. The van der Waals surface area contributed by atoms with Crippen LogP contribution < -0.4 is 0 Å². The minimum atomic E-state index is -2.38. The number of carbonyl (C=O) groups is 1. The van der Waals surface area contributed by atoms with E-state index in [0.717, 1.165) is 0 Å². The number of benzene rings is 2. The lowest BCUT2D eigenvalue weighted by atomic mass is 9.98. The van der Waals surface area contributed by atoms with Crippen molar-refractivity contribution in [1.82, 2.24) is 0 Å². The Morgan fingerprint density at radius 2 is 1.35 bits per heavy atom. The van der Waals surface area contributed by atoms with E-state index < -0.39 is 63.7 Å². The first-order valence-electron chi connectivity index (χ1n) is 5.89. The largest absolute Gasteiger partial charge is 0.479 e. The standard InChI is InChI=1S/C14H6F6O3/c15-6-2-1-4(3-5(6)13(21)14(22)23)7-8(16)10(18)12(20)11(19)9(7)17/h1-3,13,21H,(H,22,23). The average molecular weight is 336 g/mol. The summed E-state index contributed by atoms with van der Waals surface area (Å²) in [4.78, 5) is 10.7. The SMILES string of the molecule is O=C(O)C(O)c1cc(-c2c(F)c(F)c(F)c(F)c2F)ccc1F. The average Bonchev–Trinajstić information content (AvgIpc) is 2.52. The Labute approximate surface area is 124 Å². The van der Waals surface area contributed by atoms with Crippen molar-refractivity contribution >= 4 is 5.97 Å². The van der Waals surface area contributed by atoms with E-state index in [9.17, 15) is 36.2 Å². The first-order valence-corrected chi connectivity index (χ1v) is 5.89. The molecular weight excluding hydrogens is 330 g/mol. The highest BCUT2D eigenvalue weighted by molar-refractivity contribution is 5.75. The minimum absolute atomic E-state index is 0.492. The highest BCUT2D eigenvalue weighted by atomic mass is 19.2. The highest BCUT2D eigenvalue weighted by Gasteiger charge is 2.28. The van der Waals surface area contributed by atoms with Crippen molar-refractivity contribution in [1.29, 1.82) is 0 Å². The van der Waals surface area contributed by atoms with Crippen molar-refractivity contribution in [2.24, 2.45) is 0 Å². The zero-order valence-electron chi connectivity index (χ0n) is 10.9. The fourth-order valence-corrected chi connectivity index (χ4v) is 1.90. The number of hydrogen-bond donors (Lipinski definition) is 2. The van der Waals surface area contributed by atoms with Gasteiger partial charge in [-0.25, -0.2) is 31.1 Å². The van der Waals surface area contributed by atoms with Crippen molar-refractivity contribution < 1.29 is 41.4 Å². The van der Waals surface area contributed by atoms with Gasteiger partial charge in [-0.1, -0.05) is 6.07 Å². The number of aliphatic hydroxyl groups is 1. The van der Waals surface area contributed by atoms with Gasteiger partial charge in [-0.3, -0.25) is 0 Å². The molecule has 0 aliphatic carbocycles. The number of aliphatic carboxylic acids is 1. The number of aliphatic hydroxyl groups excluding tert-OH is 1. The maximum Gasteiger partial charge on any atom is 0.337 e. The van der Waals surface area contributed by atoms with Crippen LogP contribution in [0.1, 0.15) is 11.7 Å². The quantitative estimate of drug-likeness (QED) is 0.514. The molecular formula is C14H6F6O3. The van der Waals surface area contributed by atoms with Crippen molar-refractivity contribution in [3.8, 4) is 11.1 Å². The van der Waals surface area contributed by atoms with Gasteiger partial charge in [0.1, 0.15) is 5.82 Å². The summed E-state index contributed by atoms with van der Waals surface area (Å²) >= 11 is 0. The first kappa shape index (κ1) is 16.8. The van der Waals surface area contributed by atoms with E-state index in [-0.39, 0.29) is 0 Å². The maximum atomic E-state index is 13.7. The Morgan fingerprint density at radius 3 is 1.83 bits per heavy atom. The van der Waals surface area contributed by atoms with Crippen LogP contribution in [0.4, 0.5) is 26.3 Å². The molecule has 122 valence electrons. The van der Waals surface area contributed by atoms with Crippen LogP contribution in [0.15, 0.2) is 18.2 Å². The molecule has 2 aromatic carbocycles. The van der Waals surface area contributed by atoms with Crippen molar-refractivity contribution in [3.05, 3.63) is 58.7 Å². The van der Waals surface area contributed by atoms with Gasteiger partial charge in [-0.05, 0) is 17.7 Å². The van der Waals surface area contributed by atoms with E-state index in [2.05, 4.69) is 0 Å². The van der Waals surface area contributed by atoms with Crippen molar-refractivity contribution in [3.63, 3.8) is 0 Å². The predicted octanol–water partition coefficient (Wildman–Crippen LogP) is 3.31. The lowest BCUT2D eigenvalue weighted by Gasteiger charge is -2.12. The number of halogens is 6. The Hall–Kier alpha value is -2.55. The molecule has 1 atom stereocenters. The van der Waals surface area contributed by atoms with E-state index in [4.69, 9.17) is 5.11 Å². The fraction of sp³-hybridized carbons (Fsp3) is 0.0714. The van der Waals surface area contributed by atoms with E-state index in [1.54, 1.807) is 0 Å². The van der Waals surface area contributed by atoms with E-state index in [0.29, 0.717) is 18.2 Å². The number of hydrogen-bond acceptors (Lipinski definition) is 2. The van der Waals surface area contributed by atoms with Crippen molar-refractivity contribution in [2.45, 2.75) is 6.10 Å². The number of rotatable bonds is 3. The lowest BCUT2D eigenvalue weighted by molar-refractivity contribution is -0.147. The van der Waals surface area contributed by atoms with Gasteiger partial charge < -0.3 is 10.2 Å². The zero-order chi connectivity index (χ0) is 17.5. The van der Waals surface area contributed by atoms with Gasteiger partial charge in [0, 0.05) is 5.56 Å². The van der Waals surface area contributed by atoms with Crippen LogP contribution in [0, 0.1) is 34.9 Å². The van der Waals surface area contributed by atoms with E-state index >= 15 is 0 Å². The fourth-order valence-electron chi connectivity index (χ4n) is 1.90. The maximum absolute atomic E-state index is 13.7. The molecule has 2 N–H and O–H groups in total. The number of carboxylic acids is 1.